The van der Waals surface area contributed by atoms with Crippen LogP contribution in [0.25, 0.3) is 0 Å². The monoisotopic (exact) mass is 244 g/mol. The maximum atomic E-state index is 11.7. The molecule has 5 nitrogen and oxygen atoms in total. The molecule has 0 aromatic carbocycles. The summed E-state index contributed by atoms with van der Waals surface area (Å²) in [5, 5.41) is 3.16. The molecule has 1 heterocycles. The van der Waals surface area contributed by atoms with Crippen LogP contribution in [0.4, 0.5) is 0 Å². The second kappa shape index (κ2) is 7.63. The normalized spacial score (nSPS) is 21.8. The number of likely N-dealkylation sites (N-methyl/N-ethyl adjacent to an activating group) is 2. The van der Waals surface area contributed by atoms with Crippen molar-refractivity contribution in [2.75, 3.05) is 40.0 Å². The molecule has 2 unspecified atom stereocenters. The lowest BCUT2D eigenvalue weighted by atomic mass is 10.2. The lowest BCUT2D eigenvalue weighted by molar-refractivity contribution is -0.146. The molecule has 1 aliphatic rings. The molecule has 17 heavy (non-hydrogen) atoms. The molecule has 0 aliphatic carbocycles. The number of ether oxygens (including phenoxy) is 2. The highest BCUT2D eigenvalue weighted by atomic mass is 16.5. The molecular weight excluding hydrogens is 220 g/mol. The number of rotatable bonds is 7. The highest BCUT2D eigenvalue weighted by molar-refractivity contribution is 5.76. The minimum Gasteiger partial charge on any atom is -0.465 e. The molecule has 0 saturated carbocycles. The molecule has 1 rings (SSSR count). The van der Waals surface area contributed by atoms with E-state index in [1.165, 1.54) is 0 Å². The first kappa shape index (κ1) is 14.4. The van der Waals surface area contributed by atoms with Gasteiger partial charge in [-0.3, -0.25) is 9.69 Å². The third-order valence-electron chi connectivity index (χ3n) is 3.02. The Hall–Kier alpha value is -0.650. The lowest BCUT2D eigenvalue weighted by Gasteiger charge is -2.27. The summed E-state index contributed by atoms with van der Waals surface area (Å²) in [5.74, 6) is -0.167. The fraction of sp³-hybridized carbons (Fsp3) is 0.917. The summed E-state index contributed by atoms with van der Waals surface area (Å²) < 4.78 is 10.4. The van der Waals surface area contributed by atoms with Gasteiger partial charge in [0.05, 0.1) is 13.2 Å². The molecular formula is C12H24N2O3. The number of hydrogen-bond acceptors (Lipinski definition) is 5. The molecule has 0 amide bonds. The molecule has 0 aromatic heterocycles. The highest BCUT2D eigenvalue weighted by Gasteiger charge is 2.26. The Labute approximate surface area is 103 Å². The van der Waals surface area contributed by atoms with Gasteiger partial charge in [0, 0.05) is 19.2 Å². The first-order valence-electron chi connectivity index (χ1n) is 6.37. The summed E-state index contributed by atoms with van der Waals surface area (Å²) in [5.41, 5.74) is 0. The van der Waals surface area contributed by atoms with E-state index < -0.39 is 0 Å². The van der Waals surface area contributed by atoms with Crippen LogP contribution in [-0.2, 0) is 14.3 Å². The van der Waals surface area contributed by atoms with Crippen LogP contribution in [0.2, 0.25) is 0 Å². The molecule has 5 heteroatoms. The maximum Gasteiger partial charge on any atom is 0.324 e. The number of carbonyl (C=O) groups is 1. The Morgan fingerprint density at radius 2 is 2.35 bits per heavy atom. The third kappa shape index (κ3) is 4.61. The SMILES string of the molecule is CCNC(CN(C)C1CCOC1)C(=O)OCC. The molecule has 1 aliphatic heterocycles. The average molecular weight is 244 g/mol. The van der Waals surface area contributed by atoms with E-state index in [0.29, 0.717) is 19.2 Å². The Balaban J connectivity index is 2.43. The van der Waals surface area contributed by atoms with Gasteiger partial charge in [-0.25, -0.2) is 0 Å². The third-order valence-corrected chi connectivity index (χ3v) is 3.02. The molecule has 1 saturated heterocycles. The Bertz CT molecular complexity index is 230. The van der Waals surface area contributed by atoms with Gasteiger partial charge in [0.25, 0.3) is 0 Å². The van der Waals surface area contributed by atoms with E-state index in [-0.39, 0.29) is 12.0 Å². The highest BCUT2D eigenvalue weighted by Crippen LogP contribution is 2.11. The second-order valence-corrected chi connectivity index (χ2v) is 4.32. The first-order chi connectivity index (χ1) is 8.19. The molecule has 0 spiro atoms. The van der Waals surface area contributed by atoms with Gasteiger partial charge in [-0.05, 0) is 26.9 Å². The molecule has 0 bridgehead atoms. The van der Waals surface area contributed by atoms with Crippen molar-refractivity contribution in [3.8, 4) is 0 Å². The second-order valence-electron chi connectivity index (χ2n) is 4.32. The standard InChI is InChI=1S/C12H24N2O3/c1-4-13-11(12(15)17-5-2)8-14(3)10-6-7-16-9-10/h10-11,13H,4-9H2,1-3H3. The zero-order valence-corrected chi connectivity index (χ0v) is 11.1. The number of nitrogens with one attached hydrogen (secondary N) is 1. The van der Waals surface area contributed by atoms with Crippen molar-refractivity contribution in [2.24, 2.45) is 0 Å². The van der Waals surface area contributed by atoms with Gasteiger partial charge in [-0.1, -0.05) is 6.92 Å². The van der Waals surface area contributed by atoms with Crippen molar-refractivity contribution < 1.29 is 14.3 Å². The molecule has 2 atom stereocenters. The average Bonchev–Trinajstić information content (AvgIpc) is 2.82. The van der Waals surface area contributed by atoms with Crippen LogP contribution in [0, 0.1) is 0 Å². The maximum absolute atomic E-state index is 11.7. The van der Waals surface area contributed by atoms with Crippen molar-refractivity contribution in [1.29, 1.82) is 0 Å². The lowest BCUT2D eigenvalue weighted by Crippen LogP contribution is -2.48. The summed E-state index contributed by atoms with van der Waals surface area (Å²) >= 11 is 0. The molecule has 1 fully saturated rings. The van der Waals surface area contributed by atoms with Crippen molar-refractivity contribution in [1.82, 2.24) is 10.2 Å². The Kier molecular flexibility index (Phi) is 6.47. The quantitative estimate of drug-likeness (QED) is 0.651. The van der Waals surface area contributed by atoms with E-state index in [2.05, 4.69) is 10.2 Å². The largest absolute Gasteiger partial charge is 0.465 e. The van der Waals surface area contributed by atoms with Crippen LogP contribution in [0.5, 0.6) is 0 Å². The zero-order valence-electron chi connectivity index (χ0n) is 11.1. The van der Waals surface area contributed by atoms with Crippen LogP contribution in [-0.4, -0.2) is 62.9 Å². The van der Waals surface area contributed by atoms with Gasteiger partial charge in [0.15, 0.2) is 0 Å². The van der Waals surface area contributed by atoms with Gasteiger partial charge < -0.3 is 14.8 Å². The van der Waals surface area contributed by atoms with Gasteiger partial charge in [-0.15, -0.1) is 0 Å². The van der Waals surface area contributed by atoms with Crippen molar-refractivity contribution in [3.05, 3.63) is 0 Å². The minimum atomic E-state index is -0.245. The number of carbonyl (C=O) groups excluding carboxylic acids is 1. The predicted molar refractivity (Wildman–Crippen MR) is 66.0 cm³/mol. The van der Waals surface area contributed by atoms with Gasteiger partial charge in [0.2, 0.25) is 0 Å². The van der Waals surface area contributed by atoms with Gasteiger partial charge in [0.1, 0.15) is 6.04 Å². The van der Waals surface area contributed by atoms with E-state index in [0.717, 1.165) is 26.2 Å². The predicted octanol–water partition coefficient (Wildman–Crippen LogP) is 0.248. The van der Waals surface area contributed by atoms with E-state index >= 15 is 0 Å². The van der Waals surface area contributed by atoms with E-state index in [1.54, 1.807) is 0 Å². The smallest absolute Gasteiger partial charge is 0.324 e. The van der Waals surface area contributed by atoms with Crippen molar-refractivity contribution in [3.63, 3.8) is 0 Å². The Morgan fingerprint density at radius 3 is 2.88 bits per heavy atom. The molecule has 1 N–H and O–H groups in total. The van der Waals surface area contributed by atoms with Crippen molar-refractivity contribution >= 4 is 5.97 Å². The molecule has 100 valence electrons. The van der Waals surface area contributed by atoms with E-state index in [1.807, 2.05) is 20.9 Å². The van der Waals surface area contributed by atoms with E-state index in [9.17, 15) is 4.79 Å². The van der Waals surface area contributed by atoms with Crippen LogP contribution in [0.3, 0.4) is 0 Å². The van der Waals surface area contributed by atoms with Crippen molar-refractivity contribution in [2.45, 2.75) is 32.4 Å². The summed E-state index contributed by atoms with van der Waals surface area (Å²) in [6, 6.07) is 0.177. The minimum absolute atomic E-state index is 0.167. The molecule has 0 aromatic rings. The van der Waals surface area contributed by atoms with Gasteiger partial charge in [-0.2, -0.15) is 0 Å². The number of hydrogen-bond donors (Lipinski definition) is 1. The van der Waals surface area contributed by atoms with Crippen LogP contribution >= 0.6 is 0 Å². The van der Waals surface area contributed by atoms with Crippen LogP contribution < -0.4 is 5.32 Å². The first-order valence-corrected chi connectivity index (χ1v) is 6.37. The summed E-state index contributed by atoms with van der Waals surface area (Å²) in [7, 11) is 2.03. The summed E-state index contributed by atoms with van der Waals surface area (Å²) in [6.45, 7) is 7.26. The van der Waals surface area contributed by atoms with Gasteiger partial charge >= 0.3 is 5.97 Å². The van der Waals surface area contributed by atoms with Crippen LogP contribution in [0.15, 0.2) is 0 Å². The van der Waals surface area contributed by atoms with E-state index in [4.69, 9.17) is 9.47 Å². The fourth-order valence-electron chi connectivity index (χ4n) is 2.02. The Morgan fingerprint density at radius 1 is 1.59 bits per heavy atom. The molecule has 0 radical (unpaired) electrons. The topological polar surface area (TPSA) is 50.8 Å². The van der Waals surface area contributed by atoms with Crippen LogP contribution in [0.1, 0.15) is 20.3 Å². The number of nitrogens with zero attached hydrogens (tertiary/aromatic N) is 1. The fourth-order valence-corrected chi connectivity index (χ4v) is 2.02. The summed E-state index contributed by atoms with van der Waals surface area (Å²) in [6.07, 6.45) is 1.04. The summed E-state index contributed by atoms with van der Waals surface area (Å²) in [4.78, 5) is 13.9. The zero-order chi connectivity index (χ0) is 12.7. The number of esters is 1.